The molecule has 0 radical (unpaired) electrons. The van der Waals surface area contributed by atoms with Gasteiger partial charge in [0.15, 0.2) is 0 Å². The van der Waals surface area contributed by atoms with Crippen LogP contribution in [0.5, 0.6) is 0 Å². The van der Waals surface area contributed by atoms with Crippen LogP contribution in [0, 0.1) is 11.6 Å². The minimum absolute atomic E-state index is 0.246. The third-order valence-corrected chi connectivity index (χ3v) is 3.08. The number of carbonyl (C=O) groups excluding carboxylic acids is 1. The number of anilines is 1. The SMILES string of the molecule is CN(C)CCn1cc(NC(=O)/C=C\c2c(F)cccc2F)cn1. The normalized spacial score (nSPS) is 11.3. The molecular formula is C16H18F2N4O. The molecule has 2 rings (SSSR count). The molecule has 0 bridgehead atoms. The highest BCUT2D eigenvalue weighted by atomic mass is 19.1. The number of rotatable bonds is 6. The average molecular weight is 320 g/mol. The van der Waals surface area contributed by atoms with Crippen LogP contribution in [0.15, 0.2) is 36.7 Å². The number of amides is 1. The van der Waals surface area contributed by atoms with Gasteiger partial charge >= 0.3 is 0 Å². The fourth-order valence-corrected chi connectivity index (χ4v) is 1.87. The summed E-state index contributed by atoms with van der Waals surface area (Å²) in [4.78, 5) is 13.8. The molecule has 23 heavy (non-hydrogen) atoms. The highest BCUT2D eigenvalue weighted by Crippen LogP contribution is 2.14. The zero-order chi connectivity index (χ0) is 16.8. The lowest BCUT2D eigenvalue weighted by Gasteiger charge is -2.08. The third-order valence-electron chi connectivity index (χ3n) is 3.08. The van der Waals surface area contributed by atoms with Gasteiger partial charge in [0.1, 0.15) is 11.6 Å². The van der Waals surface area contributed by atoms with Gasteiger partial charge in [0.2, 0.25) is 5.91 Å². The fraction of sp³-hybridized carbons (Fsp3) is 0.250. The lowest BCUT2D eigenvalue weighted by atomic mass is 10.2. The van der Waals surface area contributed by atoms with Gasteiger partial charge in [-0.15, -0.1) is 0 Å². The first-order valence-electron chi connectivity index (χ1n) is 7.06. The summed E-state index contributed by atoms with van der Waals surface area (Å²) in [5, 5.41) is 6.71. The van der Waals surface area contributed by atoms with Gasteiger partial charge in [-0.2, -0.15) is 5.10 Å². The molecule has 0 unspecified atom stereocenters. The first-order valence-corrected chi connectivity index (χ1v) is 7.06. The van der Waals surface area contributed by atoms with Gasteiger partial charge in [0, 0.05) is 24.4 Å². The summed E-state index contributed by atoms with van der Waals surface area (Å²) in [7, 11) is 3.91. The Morgan fingerprint density at radius 1 is 1.35 bits per heavy atom. The molecule has 0 saturated heterocycles. The van der Waals surface area contributed by atoms with E-state index in [2.05, 4.69) is 10.4 Å². The summed E-state index contributed by atoms with van der Waals surface area (Å²) in [6.45, 7) is 1.51. The Morgan fingerprint density at radius 2 is 2.04 bits per heavy atom. The number of halogens is 2. The van der Waals surface area contributed by atoms with Gasteiger partial charge in [0.25, 0.3) is 0 Å². The van der Waals surface area contributed by atoms with Crippen molar-refractivity contribution in [3.05, 3.63) is 53.9 Å². The summed E-state index contributed by atoms with van der Waals surface area (Å²) in [5.74, 6) is -1.92. The molecule has 0 atom stereocenters. The van der Waals surface area contributed by atoms with E-state index in [9.17, 15) is 13.6 Å². The maximum absolute atomic E-state index is 13.4. The quantitative estimate of drug-likeness (QED) is 0.832. The first kappa shape index (κ1) is 16.8. The number of likely N-dealkylation sites (N-methyl/N-ethyl adjacent to an activating group) is 1. The van der Waals surface area contributed by atoms with Crippen LogP contribution in [-0.2, 0) is 11.3 Å². The second-order valence-corrected chi connectivity index (χ2v) is 5.25. The van der Waals surface area contributed by atoms with E-state index in [1.807, 2.05) is 19.0 Å². The molecule has 1 aromatic carbocycles. The Labute approximate surface area is 133 Å². The van der Waals surface area contributed by atoms with E-state index < -0.39 is 17.5 Å². The molecule has 0 fully saturated rings. The number of aromatic nitrogens is 2. The number of carbonyl (C=O) groups is 1. The molecule has 0 spiro atoms. The predicted octanol–water partition coefficient (Wildman–Crippen LogP) is 2.37. The molecule has 1 amide bonds. The molecule has 0 aliphatic carbocycles. The maximum Gasteiger partial charge on any atom is 0.248 e. The molecule has 0 aliphatic heterocycles. The Kier molecular flexibility index (Phi) is 5.59. The van der Waals surface area contributed by atoms with Gasteiger partial charge in [0.05, 0.1) is 18.4 Å². The van der Waals surface area contributed by atoms with Crippen molar-refractivity contribution in [2.45, 2.75) is 6.54 Å². The van der Waals surface area contributed by atoms with Crippen molar-refractivity contribution < 1.29 is 13.6 Å². The molecule has 1 heterocycles. The summed E-state index contributed by atoms with van der Waals surface area (Å²) in [6.07, 6.45) is 5.40. The van der Waals surface area contributed by atoms with E-state index in [0.29, 0.717) is 12.2 Å². The van der Waals surface area contributed by atoms with Crippen LogP contribution in [0.4, 0.5) is 14.5 Å². The molecule has 2 aromatic rings. The van der Waals surface area contributed by atoms with Crippen LogP contribution in [0.25, 0.3) is 6.08 Å². The third kappa shape index (κ3) is 5.00. The Hall–Kier alpha value is -2.54. The predicted molar refractivity (Wildman–Crippen MR) is 84.8 cm³/mol. The molecular weight excluding hydrogens is 302 g/mol. The molecule has 1 aromatic heterocycles. The van der Waals surface area contributed by atoms with Crippen molar-refractivity contribution in [2.75, 3.05) is 26.0 Å². The van der Waals surface area contributed by atoms with Crippen molar-refractivity contribution in [1.82, 2.24) is 14.7 Å². The van der Waals surface area contributed by atoms with Gasteiger partial charge < -0.3 is 10.2 Å². The topological polar surface area (TPSA) is 50.2 Å². The van der Waals surface area contributed by atoms with Gasteiger partial charge in [-0.3, -0.25) is 9.48 Å². The van der Waals surface area contributed by atoms with Crippen LogP contribution < -0.4 is 5.32 Å². The lowest BCUT2D eigenvalue weighted by Crippen LogP contribution is -2.18. The molecule has 0 aliphatic rings. The highest BCUT2D eigenvalue weighted by Gasteiger charge is 2.06. The minimum atomic E-state index is -0.717. The van der Waals surface area contributed by atoms with Gasteiger partial charge in [-0.25, -0.2) is 8.78 Å². The number of hydrogen-bond donors (Lipinski definition) is 1. The van der Waals surface area contributed by atoms with Crippen LogP contribution in [0.3, 0.4) is 0 Å². The van der Waals surface area contributed by atoms with E-state index in [1.165, 1.54) is 12.3 Å². The van der Waals surface area contributed by atoms with Crippen LogP contribution in [0.2, 0.25) is 0 Å². The Morgan fingerprint density at radius 3 is 2.70 bits per heavy atom. The molecule has 7 heteroatoms. The van der Waals surface area contributed by atoms with Crippen LogP contribution in [0.1, 0.15) is 5.56 Å². The first-order chi connectivity index (χ1) is 11.0. The van der Waals surface area contributed by atoms with E-state index in [0.717, 1.165) is 30.8 Å². The summed E-state index contributed by atoms with van der Waals surface area (Å²) in [6, 6.07) is 3.54. The Balaban J connectivity index is 1.96. The molecule has 5 nitrogen and oxygen atoms in total. The van der Waals surface area contributed by atoms with Crippen molar-refractivity contribution in [2.24, 2.45) is 0 Å². The number of benzene rings is 1. The fourth-order valence-electron chi connectivity index (χ4n) is 1.87. The van der Waals surface area contributed by atoms with Crippen molar-refractivity contribution in [3.63, 3.8) is 0 Å². The smallest absolute Gasteiger partial charge is 0.248 e. The monoisotopic (exact) mass is 320 g/mol. The average Bonchev–Trinajstić information content (AvgIpc) is 2.92. The van der Waals surface area contributed by atoms with E-state index in [4.69, 9.17) is 0 Å². The second-order valence-electron chi connectivity index (χ2n) is 5.25. The number of nitrogens with zero attached hydrogens (tertiary/aromatic N) is 3. The summed E-state index contributed by atoms with van der Waals surface area (Å²) < 4.78 is 28.6. The van der Waals surface area contributed by atoms with Crippen LogP contribution >= 0.6 is 0 Å². The van der Waals surface area contributed by atoms with Crippen molar-refractivity contribution >= 4 is 17.7 Å². The van der Waals surface area contributed by atoms with Crippen molar-refractivity contribution in [1.29, 1.82) is 0 Å². The van der Waals surface area contributed by atoms with Crippen LogP contribution in [-0.4, -0.2) is 41.2 Å². The summed E-state index contributed by atoms with van der Waals surface area (Å²) >= 11 is 0. The lowest BCUT2D eigenvalue weighted by molar-refractivity contribution is -0.111. The highest BCUT2D eigenvalue weighted by molar-refractivity contribution is 6.01. The van der Waals surface area contributed by atoms with E-state index in [1.54, 1.807) is 10.9 Å². The minimum Gasteiger partial charge on any atom is -0.320 e. The summed E-state index contributed by atoms with van der Waals surface area (Å²) in [5.41, 5.74) is 0.275. The molecule has 1 N–H and O–H groups in total. The van der Waals surface area contributed by atoms with E-state index in [-0.39, 0.29) is 5.56 Å². The van der Waals surface area contributed by atoms with Gasteiger partial charge in [-0.1, -0.05) is 6.07 Å². The zero-order valence-corrected chi connectivity index (χ0v) is 13.0. The maximum atomic E-state index is 13.4. The van der Waals surface area contributed by atoms with E-state index >= 15 is 0 Å². The van der Waals surface area contributed by atoms with Crippen molar-refractivity contribution in [3.8, 4) is 0 Å². The molecule has 0 saturated carbocycles. The number of hydrogen-bond acceptors (Lipinski definition) is 3. The largest absolute Gasteiger partial charge is 0.320 e. The zero-order valence-electron chi connectivity index (χ0n) is 13.0. The van der Waals surface area contributed by atoms with Gasteiger partial charge in [-0.05, 0) is 32.3 Å². The molecule has 122 valence electrons. The Bertz CT molecular complexity index is 690. The standard InChI is InChI=1S/C16H18F2N4O/c1-21(2)8-9-22-11-12(10-19-22)20-16(23)7-6-13-14(17)4-3-5-15(13)18/h3-7,10-11H,8-9H2,1-2H3,(H,20,23)/b7-6-. The second kappa shape index (κ2) is 7.64. The number of nitrogens with one attached hydrogen (secondary N) is 1.